The third-order valence-corrected chi connectivity index (χ3v) is 5.31. The zero-order chi connectivity index (χ0) is 21.7. The lowest BCUT2D eigenvalue weighted by Crippen LogP contribution is -2.15. The maximum absolute atomic E-state index is 12.9. The standard InChI is InChI=1S/C21H15ClF3NO3S/c22-19-14(6-8-30-19)10-17(18(27)15-4-2-7-26-11-15)20(28)29-12-13-3-1-5-16(9-13)21(23,24)25/h1-11,18,27H,12H2/b17-10-. The fourth-order valence-electron chi connectivity index (χ4n) is 2.61. The van der Waals surface area contributed by atoms with E-state index in [0.29, 0.717) is 15.5 Å². The summed E-state index contributed by atoms with van der Waals surface area (Å²) in [6, 6.07) is 9.34. The second kappa shape index (κ2) is 9.42. The van der Waals surface area contributed by atoms with Crippen molar-refractivity contribution in [1.82, 2.24) is 4.98 Å². The number of nitrogens with zero attached hydrogens (tertiary/aromatic N) is 1. The summed E-state index contributed by atoms with van der Waals surface area (Å²) in [6.07, 6.45) is -1.55. The summed E-state index contributed by atoms with van der Waals surface area (Å²) in [5.74, 6) is -0.883. The quantitative estimate of drug-likeness (QED) is 0.385. The molecule has 156 valence electrons. The van der Waals surface area contributed by atoms with Gasteiger partial charge in [-0.2, -0.15) is 13.2 Å². The summed E-state index contributed by atoms with van der Waals surface area (Å²) in [6.45, 7) is -0.392. The van der Waals surface area contributed by atoms with E-state index in [1.807, 2.05) is 0 Å². The third kappa shape index (κ3) is 5.47. The van der Waals surface area contributed by atoms with Crippen molar-refractivity contribution in [3.05, 3.63) is 92.4 Å². The first-order valence-electron chi connectivity index (χ1n) is 8.61. The Morgan fingerprint density at radius 2 is 2.07 bits per heavy atom. The van der Waals surface area contributed by atoms with Crippen LogP contribution >= 0.6 is 22.9 Å². The van der Waals surface area contributed by atoms with Crippen LogP contribution in [-0.4, -0.2) is 16.1 Å². The minimum atomic E-state index is -4.50. The van der Waals surface area contributed by atoms with Gasteiger partial charge in [-0.25, -0.2) is 4.79 Å². The molecule has 1 aromatic carbocycles. The second-order valence-corrected chi connectivity index (χ2v) is 7.73. The van der Waals surface area contributed by atoms with Crippen LogP contribution in [0.5, 0.6) is 0 Å². The lowest BCUT2D eigenvalue weighted by Gasteiger charge is -2.15. The predicted molar refractivity (Wildman–Crippen MR) is 108 cm³/mol. The Hall–Kier alpha value is -2.68. The molecule has 2 aromatic heterocycles. The van der Waals surface area contributed by atoms with Gasteiger partial charge in [-0.1, -0.05) is 29.8 Å². The number of halogens is 4. The first-order valence-corrected chi connectivity index (χ1v) is 9.87. The Labute approximate surface area is 179 Å². The predicted octanol–water partition coefficient (Wildman–Crippen LogP) is 5.68. The van der Waals surface area contributed by atoms with E-state index < -0.39 is 30.4 Å². The SMILES string of the molecule is O=C(OCc1cccc(C(F)(F)F)c1)/C(=C\c1ccsc1Cl)C(O)c1cccnc1. The van der Waals surface area contributed by atoms with Crippen LogP contribution in [0.25, 0.3) is 6.08 Å². The fraction of sp³-hybridized carbons (Fsp3) is 0.143. The molecule has 4 nitrogen and oxygen atoms in total. The van der Waals surface area contributed by atoms with E-state index in [1.165, 1.54) is 41.9 Å². The molecule has 0 aliphatic rings. The first-order chi connectivity index (χ1) is 14.3. The van der Waals surface area contributed by atoms with Gasteiger partial charge in [0.05, 0.1) is 11.1 Å². The molecule has 9 heteroatoms. The van der Waals surface area contributed by atoms with Crippen LogP contribution in [0.1, 0.15) is 28.4 Å². The Bertz CT molecular complexity index is 1050. The normalized spacial score (nSPS) is 13.2. The molecule has 0 radical (unpaired) electrons. The van der Waals surface area contributed by atoms with Gasteiger partial charge in [0.2, 0.25) is 0 Å². The molecule has 0 spiro atoms. The molecular weight excluding hydrogens is 439 g/mol. The van der Waals surface area contributed by atoms with Gasteiger partial charge in [-0.15, -0.1) is 11.3 Å². The highest BCUT2D eigenvalue weighted by Gasteiger charge is 2.30. The maximum Gasteiger partial charge on any atom is 0.416 e. The summed E-state index contributed by atoms with van der Waals surface area (Å²) in [5.41, 5.74) is 0.0752. The Kier molecular flexibility index (Phi) is 6.91. The van der Waals surface area contributed by atoms with Crippen LogP contribution < -0.4 is 0 Å². The molecule has 0 amide bonds. The average Bonchev–Trinajstić information content (AvgIpc) is 3.14. The van der Waals surface area contributed by atoms with Crippen molar-refractivity contribution in [2.45, 2.75) is 18.9 Å². The molecule has 0 aliphatic heterocycles. The second-order valence-electron chi connectivity index (χ2n) is 6.21. The van der Waals surface area contributed by atoms with Crippen LogP contribution in [-0.2, 0) is 22.3 Å². The number of carbonyl (C=O) groups excluding carboxylic acids is 1. The van der Waals surface area contributed by atoms with Crippen molar-refractivity contribution in [2.24, 2.45) is 0 Å². The fourth-order valence-corrected chi connectivity index (χ4v) is 3.48. The molecule has 1 unspecified atom stereocenters. The van der Waals surface area contributed by atoms with E-state index in [9.17, 15) is 23.1 Å². The highest BCUT2D eigenvalue weighted by atomic mass is 35.5. The molecule has 3 aromatic rings. The van der Waals surface area contributed by atoms with Crippen molar-refractivity contribution in [2.75, 3.05) is 0 Å². The van der Waals surface area contributed by atoms with Crippen LogP contribution in [0, 0.1) is 0 Å². The Morgan fingerprint density at radius 3 is 2.70 bits per heavy atom. The summed E-state index contributed by atoms with van der Waals surface area (Å²) < 4.78 is 44.2. The lowest BCUT2D eigenvalue weighted by atomic mass is 10.0. The third-order valence-electron chi connectivity index (χ3n) is 4.11. The molecule has 0 aliphatic carbocycles. The van der Waals surface area contributed by atoms with E-state index in [2.05, 4.69) is 4.98 Å². The van der Waals surface area contributed by atoms with E-state index in [1.54, 1.807) is 23.6 Å². The van der Waals surface area contributed by atoms with Crippen molar-refractivity contribution in [1.29, 1.82) is 0 Å². The number of thiophene rings is 1. The molecule has 1 atom stereocenters. The summed E-state index contributed by atoms with van der Waals surface area (Å²) >= 11 is 7.34. The molecule has 3 rings (SSSR count). The Balaban J connectivity index is 1.84. The smallest absolute Gasteiger partial charge is 0.416 e. The minimum Gasteiger partial charge on any atom is -0.457 e. The number of hydrogen-bond donors (Lipinski definition) is 1. The molecule has 30 heavy (non-hydrogen) atoms. The van der Waals surface area contributed by atoms with Gasteiger partial charge in [0.15, 0.2) is 0 Å². The number of hydrogen-bond acceptors (Lipinski definition) is 5. The molecule has 1 N–H and O–H groups in total. The van der Waals surface area contributed by atoms with E-state index in [-0.39, 0.29) is 11.1 Å². The van der Waals surface area contributed by atoms with Crippen molar-refractivity contribution in [3.8, 4) is 0 Å². The molecule has 0 bridgehead atoms. The van der Waals surface area contributed by atoms with Crippen LogP contribution in [0.2, 0.25) is 4.34 Å². The van der Waals surface area contributed by atoms with Crippen molar-refractivity contribution in [3.63, 3.8) is 0 Å². The number of aliphatic hydroxyl groups is 1. The molecule has 2 heterocycles. The molecule has 0 saturated heterocycles. The lowest BCUT2D eigenvalue weighted by molar-refractivity contribution is -0.141. The van der Waals surface area contributed by atoms with Crippen molar-refractivity contribution < 1.29 is 27.8 Å². The number of alkyl halides is 3. The minimum absolute atomic E-state index is 0.115. The number of rotatable bonds is 6. The highest BCUT2D eigenvalue weighted by Crippen LogP contribution is 2.31. The Morgan fingerprint density at radius 1 is 1.27 bits per heavy atom. The number of pyridine rings is 1. The van der Waals surface area contributed by atoms with Crippen LogP contribution in [0.3, 0.4) is 0 Å². The van der Waals surface area contributed by atoms with E-state index in [4.69, 9.17) is 16.3 Å². The van der Waals surface area contributed by atoms with Gasteiger partial charge in [0.25, 0.3) is 0 Å². The molecule has 0 saturated carbocycles. The van der Waals surface area contributed by atoms with Gasteiger partial charge in [0.1, 0.15) is 17.0 Å². The maximum atomic E-state index is 12.9. The van der Waals surface area contributed by atoms with Gasteiger partial charge in [0, 0.05) is 23.5 Å². The van der Waals surface area contributed by atoms with E-state index >= 15 is 0 Å². The number of esters is 1. The highest BCUT2D eigenvalue weighted by molar-refractivity contribution is 7.14. The average molecular weight is 454 g/mol. The number of aliphatic hydroxyl groups excluding tert-OH is 1. The molecule has 0 fully saturated rings. The van der Waals surface area contributed by atoms with Gasteiger partial charge < -0.3 is 9.84 Å². The van der Waals surface area contributed by atoms with Gasteiger partial charge in [-0.3, -0.25) is 4.98 Å². The number of carbonyl (C=O) groups is 1. The van der Waals surface area contributed by atoms with Crippen LogP contribution in [0.15, 0.2) is 65.8 Å². The largest absolute Gasteiger partial charge is 0.457 e. The zero-order valence-corrected chi connectivity index (χ0v) is 16.8. The number of ether oxygens (including phenoxy) is 1. The number of aromatic nitrogens is 1. The van der Waals surface area contributed by atoms with E-state index in [0.717, 1.165) is 12.1 Å². The summed E-state index contributed by atoms with van der Waals surface area (Å²) in [5, 5.41) is 12.4. The topological polar surface area (TPSA) is 59.4 Å². The number of benzene rings is 1. The van der Waals surface area contributed by atoms with Crippen LogP contribution in [0.4, 0.5) is 13.2 Å². The summed E-state index contributed by atoms with van der Waals surface area (Å²) in [4.78, 5) is 16.6. The van der Waals surface area contributed by atoms with Crippen molar-refractivity contribution >= 4 is 35.0 Å². The monoisotopic (exact) mass is 453 g/mol. The van der Waals surface area contributed by atoms with Gasteiger partial charge in [-0.05, 0) is 41.3 Å². The molecular formula is C21H15ClF3NO3S. The zero-order valence-electron chi connectivity index (χ0n) is 15.3. The summed E-state index contributed by atoms with van der Waals surface area (Å²) in [7, 11) is 0. The first kappa shape index (κ1) is 22.0. The van der Waals surface area contributed by atoms with Gasteiger partial charge >= 0.3 is 12.1 Å².